The summed E-state index contributed by atoms with van der Waals surface area (Å²) >= 11 is 0. The van der Waals surface area contributed by atoms with Crippen molar-refractivity contribution < 1.29 is 9.90 Å². The Balaban J connectivity index is 2.09. The van der Waals surface area contributed by atoms with Crippen molar-refractivity contribution in [2.75, 3.05) is 13.1 Å². The fraction of sp³-hybridized carbons (Fsp3) is 0.733. The van der Waals surface area contributed by atoms with E-state index in [4.69, 9.17) is 0 Å². The molecule has 0 aromatic carbocycles. The van der Waals surface area contributed by atoms with Crippen LogP contribution in [-0.4, -0.2) is 38.8 Å². The van der Waals surface area contributed by atoms with E-state index in [0.717, 1.165) is 38.0 Å². The molecule has 1 N–H and O–H groups in total. The van der Waals surface area contributed by atoms with Crippen LogP contribution in [0.25, 0.3) is 0 Å². The van der Waals surface area contributed by atoms with E-state index in [2.05, 4.69) is 23.0 Å². The van der Waals surface area contributed by atoms with E-state index in [9.17, 15) is 9.90 Å². The predicted octanol–water partition coefficient (Wildman–Crippen LogP) is 2.06. The zero-order valence-corrected chi connectivity index (χ0v) is 12.7. The monoisotopic (exact) mass is 279 g/mol. The van der Waals surface area contributed by atoms with Crippen LogP contribution in [0.15, 0.2) is 6.07 Å². The number of hydrogen-bond acceptors (Lipinski definition) is 3. The van der Waals surface area contributed by atoms with Crippen molar-refractivity contribution >= 4 is 5.97 Å². The summed E-state index contributed by atoms with van der Waals surface area (Å²) in [4.78, 5) is 13.8. The molecule has 0 spiro atoms. The Bertz CT molecular complexity index is 483. The molecule has 2 heterocycles. The largest absolute Gasteiger partial charge is 0.481 e. The minimum Gasteiger partial charge on any atom is -0.481 e. The van der Waals surface area contributed by atoms with Crippen LogP contribution < -0.4 is 0 Å². The molecule has 1 fully saturated rings. The Morgan fingerprint density at radius 1 is 1.50 bits per heavy atom. The summed E-state index contributed by atoms with van der Waals surface area (Å²) < 4.78 is 1.92. The van der Waals surface area contributed by atoms with E-state index in [1.807, 2.05) is 18.7 Å². The van der Waals surface area contributed by atoms with Gasteiger partial charge in [0, 0.05) is 20.1 Å². The van der Waals surface area contributed by atoms with Crippen LogP contribution >= 0.6 is 0 Å². The summed E-state index contributed by atoms with van der Waals surface area (Å²) in [5.41, 5.74) is 1.70. The molecule has 1 aliphatic heterocycles. The molecule has 1 atom stereocenters. The van der Waals surface area contributed by atoms with Gasteiger partial charge in [0.05, 0.1) is 16.8 Å². The summed E-state index contributed by atoms with van der Waals surface area (Å²) in [6, 6.07) is 2.13. The van der Waals surface area contributed by atoms with Crippen LogP contribution in [0.1, 0.15) is 44.5 Å². The number of aromatic nitrogens is 2. The number of aliphatic carboxylic acids is 1. The highest BCUT2D eigenvalue weighted by molar-refractivity contribution is 5.75. The average molecular weight is 279 g/mol. The molecule has 1 aromatic rings. The molecule has 1 saturated heterocycles. The molecule has 0 bridgehead atoms. The molecule has 0 saturated carbocycles. The molecule has 112 valence electrons. The normalized spacial score (nSPS) is 23.9. The predicted molar refractivity (Wildman–Crippen MR) is 77.5 cm³/mol. The van der Waals surface area contributed by atoms with E-state index in [1.165, 1.54) is 5.69 Å². The van der Waals surface area contributed by atoms with Gasteiger partial charge in [0.1, 0.15) is 0 Å². The van der Waals surface area contributed by atoms with E-state index < -0.39 is 11.4 Å². The maximum atomic E-state index is 11.6. The van der Waals surface area contributed by atoms with Crippen molar-refractivity contribution in [3.8, 4) is 0 Å². The number of likely N-dealkylation sites (tertiary alicyclic amines) is 1. The van der Waals surface area contributed by atoms with Gasteiger partial charge in [-0.2, -0.15) is 5.10 Å². The van der Waals surface area contributed by atoms with Crippen molar-refractivity contribution in [2.45, 2.75) is 46.1 Å². The Kier molecular flexibility index (Phi) is 4.48. The van der Waals surface area contributed by atoms with Gasteiger partial charge in [0.25, 0.3) is 0 Å². The number of carboxylic acid groups (broad SMARTS) is 1. The highest BCUT2D eigenvalue weighted by Gasteiger charge is 2.40. The smallest absolute Gasteiger partial charge is 0.310 e. The lowest BCUT2D eigenvalue weighted by Crippen LogP contribution is -2.47. The van der Waals surface area contributed by atoms with Gasteiger partial charge in [-0.3, -0.25) is 14.4 Å². The summed E-state index contributed by atoms with van der Waals surface area (Å²) in [7, 11) is 1.96. The third-order valence-corrected chi connectivity index (χ3v) is 4.56. The van der Waals surface area contributed by atoms with Crippen molar-refractivity contribution in [1.29, 1.82) is 0 Å². The second kappa shape index (κ2) is 5.95. The molecular formula is C15H25N3O2. The average Bonchev–Trinajstić information content (AvgIpc) is 2.79. The number of rotatable bonds is 5. The molecule has 5 heteroatoms. The minimum absolute atomic E-state index is 0.565. The number of carboxylic acids is 1. The zero-order chi connectivity index (χ0) is 14.8. The van der Waals surface area contributed by atoms with E-state index in [1.54, 1.807) is 0 Å². The lowest BCUT2D eigenvalue weighted by atomic mass is 9.77. The summed E-state index contributed by atoms with van der Waals surface area (Å²) in [6.45, 7) is 6.49. The Morgan fingerprint density at radius 2 is 2.25 bits per heavy atom. The van der Waals surface area contributed by atoms with Crippen molar-refractivity contribution in [2.24, 2.45) is 12.5 Å². The molecule has 1 unspecified atom stereocenters. The second-order valence-electron chi connectivity index (χ2n) is 5.86. The van der Waals surface area contributed by atoms with Gasteiger partial charge < -0.3 is 5.11 Å². The molecule has 20 heavy (non-hydrogen) atoms. The first-order valence-electron chi connectivity index (χ1n) is 7.48. The van der Waals surface area contributed by atoms with Crippen LogP contribution in [0.4, 0.5) is 0 Å². The Hall–Kier alpha value is -1.36. The first kappa shape index (κ1) is 15.0. The van der Waals surface area contributed by atoms with Gasteiger partial charge in [-0.25, -0.2) is 0 Å². The second-order valence-corrected chi connectivity index (χ2v) is 5.86. The van der Waals surface area contributed by atoms with Crippen LogP contribution in [0.5, 0.6) is 0 Å². The van der Waals surface area contributed by atoms with E-state index >= 15 is 0 Å². The van der Waals surface area contributed by atoms with E-state index in [-0.39, 0.29) is 0 Å². The van der Waals surface area contributed by atoms with Crippen LogP contribution in [0, 0.1) is 5.41 Å². The van der Waals surface area contributed by atoms with Crippen LogP contribution in [0.2, 0.25) is 0 Å². The summed E-state index contributed by atoms with van der Waals surface area (Å²) in [6.07, 6.45) is 3.38. The first-order chi connectivity index (χ1) is 9.50. The Morgan fingerprint density at radius 3 is 2.80 bits per heavy atom. The highest BCUT2D eigenvalue weighted by atomic mass is 16.4. The summed E-state index contributed by atoms with van der Waals surface area (Å²) in [5, 5.41) is 14.0. The highest BCUT2D eigenvalue weighted by Crippen LogP contribution is 2.34. The first-order valence-corrected chi connectivity index (χ1v) is 7.48. The lowest BCUT2D eigenvalue weighted by Gasteiger charge is -2.39. The molecular weight excluding hydrogens is 254 g/mol. The van der Waals surface area contributed by atoms with Gasteiger partial charge in [-0.15, -0.1) is 0 Å². The maximum Gasteiger partial charge on any atom is 0.310 e. The Labute approximate surface area is 120 Å². The van der Waals surface area contributed by atoms with Gasteiger partial charge in [0.2, 0.25) is 0 Å². The summed E-state index contributed by atoms with van der Waals surface area (Å²) in [5.74, 6) is -0.649. The molecule has 0 radical (unpaired) electrons. The molecule has 1 aliphatic rings. The van der Waals surface area contributed by atoms with Crippen LogP contribution in [0.3, 0.4) is 0 Å². The molecule has 2 rings (SSSR count). The molecule has 5 nitrogen and oxygen atoms in total. The number of aryl methyl sites for hydroxylation is 2. The molecule has 0 aliphatic carbocycles. The lowest BCUT2D eigenvalue weighted by molar-refractivity contribution is -0.153. The fourth-order valence-corrected chi connectivity index (χ4v) is 3.10. The molecule has 1 aromatic heterocycles. The quantitative estimate of drug-likeness (QED) is 0.896. The fourth-order valence-electron chi connectivity index (χ4n) is 3.10. The zero-order valence-electron chi connectivity index (χ0n) is 12.7. The number of carbonyl (C=O) groups is 1. The van der Waals surface area contributed by atoms with Crippen molar-refractivity contribution in [3.63, 3.8) is 0 Å². The van der Waals surface area contributed by atoms with Gasteiger partial charge in [-0.1, -0.05) is 13.8 Å². The SMILES string of the molecule is CCc1cc(CN2CCCC(CC)(C(=O)O)C2)n(C)n1. The van der Waals surface area contributed by atoms with Crippen molar-refractivity contribution in [3.05, 3.63) is 17.5 Å². The van der Waals surface area contributed by atoms with E-state index in [0.29, 0.717) is 13.0 Å². The van der Waals surface area contributed by atoms with Gasteiger partial charge >= 0.3 is 5.97 Å². The molecule has 0 amide bonds. The van der Waals surface area contributed by atoms with Crippen molar-refractivity contribution in [1.82, 2.24) is 14.7 Å². The standard InChI is InChI=1S/C15H25N3O2/c1-4-12-9-13(17(3)16-12)10-18-8-6-7-15(5-2,11-18)14(19)20/h9H,4-8,10-11H2,1-3H3,(H,19,20). The third-order valence-electron chi connectivity index (χ3n) is 4.56. The number of nitrogens with zero attached hydrogens (tertiary/aromatic N) is 3. The third kappa shape index (κ3) is 2.87. The van der Waals surface area contributed by atoms with Crippen LogP contribution in [-0.2, 0) is 24.8 Å². The number of hydrogen-bond donors (Lipinski definition) is 1. The number of piperidine rings is 1. The van der Waals surface area contributed by atoms with Gasteiger partial charge in [-0.05, 0) is 38.3 Å². The topological polar surface area (TPSA) is 58.4 Å². The van der Waals surface area contributed by atoms with Gasteiger partial charge in [0.15, 0.2) is 0 Å². The minimum atomic E-state index is -0.649. The maximum absolute atomic E-state index is 11.6.